The van der Waals surface area contributed by atoms with Gasteiger partial charge in [0.05, 0.1) is 18.5 Å². The molecule has 0 radical (unpaired) electrons. The fourth-order valence-corrected chi connectivity index (χ4v) is 3.02. The predicted molar refractivity (Wildman–Crippen MR) is 120 cm³/mol. The number of amides is 3. The van der Waals surface area contributed by atoms with Crippen molar-refractivity contribution in [3.05, 3.63) is 18.2 Å². The number of rotatable bonds is 13. The number of imidazole rings is 1. The lowest BCUT2D eigenvalue weighted by molar-refractivity contribution is -0.143. The van der Waals surface area contributed by atoms with Gasteiger partial charge in [-0.3, -0.25) is 14.4 Å². The Labute approximate surface area is 193 Å². The SMILES string of the molecule is CCC(C)C(N)C(=O)NC(C(=O)NC(C(=O)NC(Cc1cnc[nH]1)C(=O)O)C(C)O)C(C)C. The molecule has 0 bridgehead atoms. The maximum atomic E-state index is 12.9. The number of nitrogens with one attached hydrogen (secondary N) is 4. The van der Waals surface area contributed by atoms with Gasteiger partial charge in [0, 0.05) is 18.3 Å². The van der Waals surface area contributed by atoms with E-state index in [9.17, 15) is 29.4 Å². The molecule has 0 saturated carbocycles. The second-order valence-electron chi connectivity index (χ2n) is 8.55. The number of aromatic nitrogens is 2. The van der Waals surface area contributed by atoms with Crippen LogP contribution in [0, 0.1) is 11.8 Å². The van der Waals surface area contributed by atoms with Crippen LogP contribution >= 0.6 is 0 Å². The molecule has 12 nitrogen and oxygen atoms in total. The van der Waals surface area contributed by atoms with Gasteiger partial charge in [0.1, 0.15) is 18.1 Å². The van der Waals surface area contributed by atoms with Crippen LogP contribution in [-0.2, 0) is 25.6 Å². The molecule has 0 spiro atoms. The first-order chi connectivity index (χ1) is 15.4. The molecule has 6 atom stereocenters. The van der Waals surface area contributed by atoms with Crippen LogP contribution in [0.15, 0.2) is 12.5 Å². The van der Waals surface area contributed by atoms with E-state index in [1.807, 2.05) is 13.8 Å². The Morgan fingerprint density at radius 3 is 2.06 bits per heavy atom. The molecule has 8 N–H and O–H groups in total. The number of carboxylic acids is 1. The number of aliphatic hydroxyl groups is 1. The summed E-state index contributed by atoms with van der Waals surface area (Å²) in [6.07, 6.45) is 2.08. The zero-order chi connectivity index (χ0) is 25.3. The third kappa shape index (κ3) is 8.46. The third-order valence-corrected chi connectivity index (χ3v) is 5.46. The number of H-pyrrole nitrogens is 1. The zero-order valence-electron chi connectivity index (χ0n) is 19.7. The minimum Gasteiger partial charge on any atom is -0.480 e. The monoisotopic (exact) mass is 468 g/mol. The Morgan fingerprint density at radius 1 is 1.03 bits per heavy atom. The first-order valence-electron chi connectivity index (χ1n) is 10.9. The number of nitrogens with two attached hydrogens (primary N) is 1. The largest absolute Gasteiger partial charge is 0.480 e. The second kappa shape index (κ2) is 12.9. The Balaban J connectivity index is 2.92. The number of carboxylic acid groups (broad SMARTS) is 1. The smallest absolute Gasteiger partial charge is 0.326 e. The Hall–Kier alpha value is -2.99. The molecule has 6 unspecified atom stereocenters. The molecule has 186 valence electrons. The fraction of sp³-hybridized carbons (Fsp3) is 0.667. The molecule has 1 aromatic heterocycles. The number of nitrogens with zero attached hydrogens (tertiary/aromatic N) is 1. The molecular weight excluding hydrogens is 432 g/mol. The molecule has 1 rings (SSSR count). The van der Waals surface area contributed by atoms with E-state index < -0.39 is 54.0 Å². The Morgan fingerprint density at radius 2 is 1.61 bits per heavy atom. The molecule has 0 aromatic carbocycles. The summed E-state index contributed by atoms with van der Waals surface area (Å²) >= 11 is 0. The van der Waals surface area contributed by atoms with Gasteiger partial charge in [-0.05, 0) is 18.8 Å². The molecule has 12 heteroatoms. The number of carbonyl (C=O) groups is 4. The summed E-state index contributed by atoms with van der Waals surface area (Å²) in [6, 6.07) is -4.58. The number of carbonyl (C=O) groups excluding carboxylic acids is 3. The van der Waals surface area contributed by atoms with Crippen LogP contribution in [0.3, 0.4) is 0 Å². The summed E-state index contributed by atoms with van der Waals surface area (Å²) in [7, 11) is 0. The van der Waals surface area contributed by atoms with Crippen molar-refractivity contribution in [3.63, 3.8) is 0 Å². The van der Waals surface area contributed by atoms with Crippen molar-refractivity contribution in [2.45, 2.75) is 77.7 Å². The maximum absolute atomic E-state index is 12.9. The van der Waals surface area contributed by atoms with E-state index in [2.05, 4.69) is 25.9 Å². The highest BCUT2D eigenvalue weighted by Crippen LogP contribution is 2.09. The highest BCUT2D eigenvalue weighted by Gasteiger charge is 2.34. The normalized spacial score (nSPS) is 16.7. The first-order valence-corrected chi connectivity index (χ1v) is 10.9. The summed E-state index contributed by atoms with van der Waals surface area (Å²) in [5, 5.41) is 26.9. The average Bonchev–Trinajstić information content (AvgIpc) is 3.26. The summed E-state index contributed by atoms with van der Waals surface area (Å²) < 4.78 is 0. The molecule has 33 heavy (non-hydrogen) atoms. The van der Waals surface area contributed by atoms with Gasteiger partial charge in [-0.1, -0.05) is 34.1 Å². The van der Waals surface area contributed by atoms with Crippen LogP contribution in [-0.4, -0.2) is 74.1 Å². The minimum atomic E-state index is -1.44. The average molecular weight is 469 g/mol. The number of hydrogen-bond acceptors (Lipinski definition) is 7. The quantitative estimate of drug-likeness (QED) is 0.189. The molecule has 0 aliphatic heterocycles. The molecule has 1 heterocycles. The van der Waals surface area contributed by atoms with Crippen molar-refractivity contribution < 1.29 is 29.4 Å². The lowest BCUT2D eigenvalue weighted by Gasteiger charge is -2.28. The molecule has 0 saturated heterocycles. The van der Waals surface area contributed by atoms with E-state index >= 15 is 0 Å². The number of aromatic amines is 1. The van der Waals surface area contributed by atoms with Crippen molar-refractivity contribution in [2.75, 3.05) is 0 Å². The highest BCUT2D eigenvalue weighted by molar-refractivity contribution is 5.94. The maximum Gasteiger partial charge on any atom is 0.326 e. The first kappa shape index (κ1) is 28.0. The van der Waals surface area contributed by atoms with Gasteiger partial charge in [0.25, 0.3) is 0 Å². The second-order valence-corrected chi connectivity index (χ2v) is 8.55. The van der Waals surface area contributed by atoms with Crippen LogP contribution in [0.4, 0.5) is 0 Å². The molecule has 1 aromatic rings. The van der Waals surface area contributed by atoms with Crippen molar-refractivity contribution in [3.8, 4) is 0 Å². The van der Waals surface area contributed by atoms with E-state index in [1.54, 1.807) is 13.8 Å². The van der Waals surface area contributed by atoms with Crippen LogP contribution in [0.1, 0.15) is 46.7 Å². The summed E-state index contributed by atoms with van der Waals surface area (Å²) in [6.45, 7) is 8.43. The topological polar surface area (TPSA) is 200 Å². The van der Waals surface area contributed by atoms with Gasteiger partial charge < -0.3 is 36.9 Å². The van der Waals surface area contributed by atoms with Crippen LogP contribution in [0.25, 0.3) is 0 Å². The van der Waals surface area contributed by atoms with Crippen LogP contribution < -0.4 is 21.7 Å². The lowest BCUT2D eigenvalue weighted by Crippen LogP contribution is -2.61. The summed E-state index contributed by atoms with van der Waals surface area (Å²) in [4.78, 5) is 56.2. The van der Waals surface area contributed by atoms with Gasteiger partial charge in [-0.15, -0.1) is 0 Å². The molecule has 3 amide bonds. The van der Waals surface area contributed by atoms with E-state index in [1.165, 1.54) is 19.4 Å². The third-order valence-electron chi connectivity index (χ3n) is 5.46. The summed E-state index contributed by atoms with van der Waals surface area (Å²) in [5.74, 6) is -3.81. The van der Waals surface area contributed by atoms with Crippen molar-refractivity contribution in [2.24, 2.45) is 17.6 Å². The fourth-order valence-electron chi connectivity index (χ4n) is 3.02. The Kier molecular flexibility index (Phi) is 11.0. The number of hydrogen-bond donors (Lipinski definition) is 7. The van der Waals surface area contributed by atoms with Gasteiger partial charge in [0.15, 0.2) is 0 Å². The van der Waals surface area contributed by atoms with E-state index in [-0.39, 0.29) is 18.3 Å². The molecule has 0 aliphatic carbocycles. The van der Waals surface area contributed by atoms with Gasteiger partial charge in [0.2, 0.25) is 17.7 Å². The minimum absolute atomic E-state index is 0.0697. The number of aliphatic carboxylic acids is 1. The van der Waals surface area contributed by atoms with Gasteiger partial charge in [-0.2, -0.15) is 0 Å². The van der Waals surface area contributed by atoms with Gasteiger partial charge >= 0.3 is 5.97 Å². The zero-order valence-corrected chi connectivity index (χ0v) is 19.7. The summed E-state index contributed by atoms with van der Waals surface area (Å²) in [5.41, 5.74) is 6.43. The van der Waals surface area contributed by atoms with Crippen LogP contribution in [0.2, 0.25) is 0 Å². The van der Waals surface area contributed by atoms with E-state index in [0.29, 0.717) is 12.1 Å². The van der Waals surface area contributed by atoms with Crippen molar-refractivity contribution in [1.29, 1.82) is 0 Å². The van der Waals surface area contributed by atoms with Crippen molar-refractivity contribution in [1.82, 2.24) is 25.9 Å². The standard InChI is InChI=1S/C21H36N6O6/c1-6-11(4)15(22)18(29)26-16(10(2)3)19(30)27-17(12(5)28)20(31)25-14(21(32)33)7-13-8-23-9-24-13/h8-12,14-17,28H,6-7,22H2,1-5H3,(H,23,24)(H,25,31)(H,26,29)(H,27,30)(H,32,33). The van der Waals surface area contributed by atoms with E-state index in [0.717, 1.165) is 0 Å². The number of aliphatic hydroxyl groups excluding tert-OH is 1. The molecule has 0 fully saturated rings. The van der Waals surface area contributed by atoms with E-state index in [4.69, 9.17) is 5.73 Å². The van der Waals surface area contributed by atoms with Gasteiger partial charge in [-0.25, -0.2) is 9.78 Å². The Bertz CT molecular complexity index is 797. The van der Waals surface area contributed by atoms with Crippen molar-refractivity contribution >= 4 is 23.7 Å². The predicted octanol–water partition coefficient (Wildman–Crippen LogP) is -1.10. The highest BCUT2D eigenvalue weighted by atomic mass is 16.4. The molecular formula is C21H36N6O6. The molecule has 0 aliphatic rings. The van der Waals surface area contributed by atoms with Crippen LogP contribution in [0.5, 0.6) is 0 Å². The lowest BCUT2D eigenvalue weighted by atomic mass is 9.97.